The van der Waals surface area contributed by atoms with E-state index in [1.54, 1.807) is 13.0 Å². The summed E-state index contributed by atoms with van der Waals surface area (Å²) in [5.74, 6) is -0.712. The number of aryl methyl sites for hydroxylation is 2. The molecule has 1 aliphatic rings. The number of aromatic nitrogens is 4. The third kappa shape index (κ3) is 2.93. The summed E-state index contributed by atoms with van der Waals surface area (Å²) in [5, 5.41) is 10.0. The van der Waals surface area contributed by atoms with Crippen LogP contribution in [0.25, 0.3) is 11.4 Å². The van der Waals surface area contributed by atoms with Crippen LogP contribution in [0.15, 0.2) is 27.2 Å². The summed E-state index contributed by atoms with van der Waals surface area (Å²) in [6.45, 7) is 1.60. The Morgan fingerprint density at radius 3 is 2.81 bits per heavy atom. The zero-order valence-corrected chi connectivity index (χ0v) is 13.6. The molecule has 3 aromatic rings. The van der Waals surface area contributed by atoms with E-state index in [1.807, 2.05) is 12.1 Å². The fourth-order valence-corrected chi connectivity index (χ4v) is 2.96. The molecule has 2 heterocycles. The molecule has 0 saturated heterocycles. The minimum Gasteiger partial charge on any atom is -0.342 e. The largest absolute Gasteiger partial charge is 0.342 e. The lowest BCUT2D eigenvalue weighted by Crippen LogP contribution is -2.28. The lowest BCUT2D eigenvalue weighted by atomic mass is 10.0. The highest BCUT2D eigenvalue weighted by molar-refractivity contribution is 5.90. The molecule has 0 spiro atoms. The van der Waals surface area contributed by atoms with Gasteiger partial charge in [0.15, 0.2) is 0 Å². The van der Waals surface area contributed by atoms with E-state index in [-0.39, 0.29) is 17.7 Å². The first kappa shape index (κ1) is 16.3. The van der Waals surface area contributed by atoms with Crippen molar-refractivity contribution in [3.8, 4) is 11.4 Å². The molecule has 0 radical (unpaired) electrons. The molecule has 1 atom stereocenters. The highest BCUT2D eigenvalue weighted by Gasteiger charge is 2.27. The predicted octanol–water partition coefficient (Wildman–Crippen LogP) is 2.78. The normalized spacial score (nSPS) is 16.1. The number of alkyl halides is 2. The smallest absolute Gasteiger partial charge is 0.315 e. The molecule has 2 aromatic heterocycles. The van der Waals surface area contributed by atoms with Gasteiger partial charge >= 0.3 is 6.43 Å². The number of carbonyl (C=O) groups is 1. The maximum atomic E-state index is 12.6. The van der Waals surface area contributed by atoms with E-state index in [4.69, 9.17) is 4.52 Å². The second kappa shape index (κ2) is 6.28. The van der Waals surface area contributed by atoms with Crippen LogP contribution < -0.4 is 5.32 Å². The van der Waals surface area contributed by atoms with E-state index in [1.165, 1.54) is 0 Å². The lowest BCUT2D eigenvalue weighted by Gasteiger charge is -2.12. The van der Waals surface area contributed by atoms with Crippen LogP contribution in [-0.2, 0) is 6.42 Å². The van der Waals surface area contributed by atoms with Gasteiger partial charge < -0.3 is 14.4 Å². The first-order chi connectivity index (χ1) is 12.5. The molecule has 1 N–H and O–H groups in total. The number of rotatable bonds is 4. The van der Waals surface area contributed by atoms with Gasteiger partial charge in [0.05, 0.1) is 6.04 Å². The summed E-state index contributed by atoms with van der Waals surface area (Å²) in [6.07, 6.45) is -1.38. The maximum absolute atomic E-state index is 12.6. The predicted molar refractivity (Wildman–Crippen MR) is 82.3 cm³/mol. The van der Waals surface area contributed by atoms with Gasteiger partial charge in [0, 0.05) is 12.5 Å². The van der Waals surface area contributed by atoms with Crippen molar-refractivity contribution in [2.75, 3.05) is 0 Å². The molecule has 1 unspecified atom stereocenters. The summed E-state index contributed by atoms with van der Waals surface area (Å²) in [4.78, 5) is 19.8. The van der Waals surface area contributed by atoms with E-state index >= 15 is 0 Å². The van der Waals surface area contributed by atoms with Gasteiger partial charge in [-0.25, -0.2) is 0 Å². The highest BCUT2D eigenvalue weighted by Crippen LogP contribution is 2.34. The van der Waals surface area contributed by atoms with Gasteiger partial charge in [-0.1, -0.05) is 22.4 Å². The molecule has 0 fully saturated rings. The highest BCUT2D eigenvalue weighted by atomic mass is 19.3. The van der Waals surface area contributed by atoms with Gasteiger partial charge in [-0.3, -0.25) is 4.79 Å². The Labute approximate surface area is 145 Å². The first-order valence-electron chi connectivity index (χ1n) is 7.87. The van der Waals surface area contributed by atoms with Crippen LogP contribution in [0.4, 0.5) is 8.78 Å². The Morgan fingerprint density at radius 1 is 1.27 bits per heavy atom. The van der Waals surface area contributed by atoms with Crippen molar-refractivity contribution in [3.05, 3.63) is 46.9 Å². The SMILES string of the molecule is Cc1nc(C(=O)NC2CCc3cc(-c4noc(C(F)F)n4)ccc32)no1. The number of halogens is 2. The van der Waals surface area contributed by atoms with E-state index in [9.17, 15) is 13.6 Å². The van der Waals surface area contributed by atoms with Crippen molar-refractivity contribution in [2.24, 2.45) is 0 Å². The molecule has 1 aliphatic carbocycles. The molecular formula is C16H13F2N5O3. The van der Waals surface area contributed by atoms with Gasteiger partial charge in [-0.15, -0.1) is 0 Å². The van der Waals surface area contributed by atoms with Crippen LogP contribution >= 0.6 is 0 Å². The quantitative estimate of drug-likeness (QED) is 0.761. The monoisotopic (exact) mass is 361 g/mol. The molecule has 26 heavy (non-hydrogen) atoms. The molecule has 8 nitrogen and oxygen atoms in total. The van der Waals surface area contributed by atoms with E-state index in [2.05, 4.69) is 30.1 Å². The summed E-state index contributed by atoms with van der Waals surface area (Å²) in [5.41, 5.74) is 2.51. The zero-order valence-electron chi connectivity index (χ0n) is 13.6. The Morgan fingerprint density at radius 2 is 2.12 bits per heavy atom. The third-order valence-electron chi connectivity index (χ3n) is 4.14. The molecule has 134 valence electrons. The van der Waals surface area contributed by atoms with Gasteiger partial charge in [0.25, 0.3) is 17.6 Å². The molecule has 0 aliphatic heterocycles. The Hall–Kier alpha value is -3.17. The first-order valence-corrected chi connectivity index (χ1v) is 7.87. The summed E-state index contributed by atoms with van der Waals surface area (Å²) in [6, 6.07) is 5.16. The zero-order chi connectivity index (χ0) is 18.3. The van der Waals surface area contributed by atoms with Crippen molar-refractivity contribution >= 4 is 5.91 Å². The van der Waals surface area contributed by atoms with Crippen molar-refractivity contribution in [3.63, 3.8) is 0 Å². The van der Waals surface area contributed by atoms with Crippen LogP contribution in [0.2, 0.25) is 0 Å². The second-order valence-corrected chi connectivity index (χ2v) is 5.87. The van der Waals surface area contributed by atoms with Crippen LogP contribution in [0.3, 0.4) is 0 Å². The molecule has 10 heteroatoms. The number of hydrogen-bond donors (Lipinski definition) is 1. The minimum absolute atomic E-state index is 0.0149. The van der Waals surface area contributed by atoms with Gasteiger partial charge in [0.1, 0.15) is 0 Å². The summed E-state index contributed by atoms with van der Waals surface area (Å²) >= 11 is 0. The standard InChI is InChI=1S/C16H13F2N5O3/c1-7-19-14(23-25-7)15(24)20-11-5-3-8-6-9(2-4-10(8)11)13-21-16(12(17)18)26-22-13/h2,4,6,11-12H,3,5H2,1H3,(H,20,24). The number of carbonyl (C=O) groups excluding carboxylic acids is 1. The number of amides is 1. The molecule has 4 rings (SSSR count). The number of nitrogens with zero attached hydrogens (tertiary/aromatic N) is 4. The second-order valence-electron chi connectivity index (χ2n) is 5.87. The van der Waals surface area contributed by atoms with Crippen molar-refractivity contribution in [1.82, 2.24) is 25.6 Å². The van der Waals surface area contributed by atoms with E-state index in [0.717, 1.165) is 17.5 Å². The number of fused-ring (bicyclic) bond motifs is 1. The number of hydrogen-bond acceptors (Lipinski definition) is 7. The van der Waals surface area contributed by atoms with Crippen LogP contribution in [0.1, 0.15) is 52.4 Å². The number of nitrogens with one attached hydrogen (secondary N) is 1. The molecule has 1 aromatic carbocycles. The third-order valence-corrected chi connectivity index (χ3v) is 4.14. The maximum Gasteiger partial charge on any atom is 0.315 e. The fraction of sp³-hybridized carbons (Fsp3) is 0.312. The van der Waals surface area contributed by atoms with Crippen molar-refractivity contribution < 1.29 is 22.6 Å². The van der Waals surface area contributed by atoms with Gasteiger partial charge in [0.2, 0.25) is 11.7 Å². The van der Waals surface area contributed by atoms with Crippen LogP contribution in [-0.4, -0.2) is 26.2 Å². The van der Waals surface area contributed by atoms with E-state index < -0.39 is 18.2 Å². The number of benzene rings is 1. The lowest BCUT2D eigenvalue weighted by molar-refractivity contribution is 0.0923. The van der Waals surface area contributed by atoms with Crippen molar-refractivity contribution in [1.29, 1.82) is 0 Å². The minimum atomic E-state index is -2.81. The topological polar surface area (TPSA) is 107 Å². The average Bonchev–Trinajstić information content (AvgIpc) is 3.34. The molecule has 0 bridgehead atoms. The molecule has 0 saturated carbocycles. The van der Waals surface area contributed by atoms with Crippen molar-refractivity contribution in [2.45, 2.75) is 32.2 Å². The fourth-order valence-electron chi connectivity index (χ4n) is 2.96. The molecular weight excluding hydrogens is 348 g/mol. The Balaban J connectivity index is 1.53. The summed E-state index contributed by atoms with van der Waals surface area (Å²) in [7, 11) is 0. The Bertz CT molecular complexity index is 968. The van der Waals surface area contributed by atoms with E-state index in [0.29, 0.717) is 17.9 Å². The van der Waals surface area contributed by atoms with Crippen LogP contribution in [0, 0.1) is 6.92 Å². The Kier molecular flexibility index (Phi) is 3.94. The van der Waals surface area contributed by atoms with Crippen LogP contribution in [0.5, 0.6) is 0 Å². The van der Waals surface area contributed by atoms with Gasteiger partial charge in [-0.2, -0.15) is 18.7 Å². The molecule has 1 amide bonds. The van der Waals surface area contributed by atoms with Gasteiger partial charge in [-0.05, 0) is 30.0 Å². The summed E-state index contributed by atoms with van der Waals surface area (Å²) < 4.78 is 34.5. The average molecular weight is 361 g/mol.